The van der Waals surface area contributed by atoms with Crippen LogP contribution in [0.5, 0.6) is 5.75 Å². The molecule has 0 heterocycles. The maximum atomic E-state index is 5.65. The molecule has 0 bridgehead atoms. The fourth-order valence-corrected chi connectivity index (χ4v) is 2.50. The fourth-order valence-electron chi connectivity index (χ4n) is 2.50. The lowest BCUT2D eigenvalue weighted by molar-refractivity contribution is 0.242. The van der Waals surface area contributed by atoms with E-state index in [1.807, 2.05) is 56.3 Å². The van der Waals surface area contributed by atoms with E-state index >= 15 is 0 Å². The Morgan fingerprint density at radius 3 is 2.22 bits per heavy atom. The minimum atomic E-state index is 0.177. The van der Waals surface area contributed by atoms with E-state index in [1.54, 1.807) is 12.4 Å². The van der Waals surface area contributed by atoms with E-state index in [2.05, 4.69) is 49.7 Å². The van der Waals surface area contributed by atoms with Crippen molar-refractivity contribution in [2.75, 3.05) is 0 Å². The Bertz CT molecular complexity index is 806. The van der Waals surface area contributed by atoms with Gasteiger partial charge in [0, 0.05) is 12.4 Å². The zero-order chi connectivity index (χ0) is 19.6. The molecule has 2 aromatic carbocycles. The molecule has 0 aliphatic heterocycles. The first-order valence-electron chi connectivity index (χ1n) is 9.38. The number of nitrogens with zero attached hydrogens (tertiary/aromatic N) is 1. The Morgan fingerprint density at radius 2 is 1.63 bits per heavy atom. The summed E-state index contributed by atoms with van der Waals surface area (Å²) in [6.07, 6.45) is 9.59. The Labute approximate surface area is 163 Å². The molecule has 0 atom stereocenters. The topological polar surface area (TPSA) is 21.6 Å². The molecule has 2 nitrogen and oxygen atoms in total. The third-order valence-electron chi connectivity index (χ3n) is 4.02. The van der Waals surface area contributed by atoms with Crippen LogP contribution in [0.3, 0.4) is 0 Å². The molecule has 140 valence electrons. The van der Waals surface area contributed by atoms with Gasteiger partial charge in [-0.05, 0) is 66.3 Å². The number of allylic oxidation sites excluding steroid dienone is 3. The van der Waals surface area contributed by atoms with Gasteiger partial charge in [0.1, 0.15) is 5.75 Å². The number of hydrogen-bond acceptors (Lipinski definition) is 2. The summed E-state index contributed by atoms with van der Waals surface area (Å²) < 4.78 is 5.65. The number of rotatable bonds is 8. The molecule has 0 amide bonds. The number of hydrogen-bond donors (Lipinski definition) is 0. The molecule has 0 aliphatic carbocycles. The molecule has 0 radical (unpaired) electrons. The summed E-state index contributed by atoms with van der Waals surface area (Å²) in [5, 5.41) is 0. The molecule has 27 heavy (non-hydrogen) atoms. The highest BCUT2D eigenvalue weighted by molar-refractivity contribution is 5.80. The first-order chi connectivity index (χ1) is 13.0. The Balaban J connectivity index is 1.85. The van der Waals surface area contributed by atoms with Crippen LogP contribution < -0.4 is 4.74 Å². The normalized spacial score (nSPS) is 12.1. The molecule has 0 N–H and O–H groups in total. The van der Waals surface area contributed by atoms with E-state index in [9.17, 15) is 0 Å². The quantitative estimate of drug-likeness (QED) is 0.371. The van der Waals surface area contributed by atoms with Gasteiger partial charge in [0.05, 0.1) is 6.10 Å². The van der Waals surface area contributed by atoms with Gasteiger partial charge < -0.3 is 4.74 Å². The van der Waals surface area contributed by atoms with Gasteiger partial charge in [-0.1, -0.05) is 62.9 Å². The van der Waals surface area contributed by atoms with Gasteiger partial charge in [0.25, 0.3) is 0 Å². The molecule has 2 aromatic rings. The van der Waals surface area contributed by atoms with Gasteiger partial charge in [-0.25, -0.2) is 0 Å². The minimum absolute atomic E-state index is 0.177. The van der Waals surface area contributed by atoms with Crippen LogP contribution in [0.25, 0.3) is 11.6 Å². The van der Waals surface area contributed by atoms with Gasteiger partial charge in [0.15, 0.2) is 0 Å². The van der Waals surface area contributed by atoms with E-state index in [1.165, 1.54) is 5.56 Å². The van der Waals surface area contributed by atoms with Crippen molar-refractivity contribution in [1.82, 2.24) is 0 Å². The smallest absolute Gasteiger partial charge is 0.119 e. The lowest BCUT2D eigenvalue weighted by Crippen LogP contribution is -2.05. The van der Waals surface area contributed by atoms with Crippen LogP contribution in [-0.2, 0) is 0 Å². The van der Waals surface area contributed by atoms with E-state index < -0.39 is 0 Å². The van der Waals surface area contributed by atoms with Crippen molar-refractivity contribution in [3.05, 3.63) is 90.2 Å². The lowest BCUT2D eigenvalue weighted by atomic mass is 10.0. The summed E-state index contributed by atoms with van der Waals surface area (Å²) >= 11 is 0. The number of aliphatic imine (C=N–C) groups is 1. The van der Waals surface area contributed by atoms with Crippen LogP contribution in [0.15, 0.2) is 78.5 Å². The molecular weight excluding hydrogens is 330 g/mol. The van der Waals surface area contributed by atoms with Gasteiger partial charge in [0.2, 0.25) is 0 Å². The molecule has 0 aliphatic rings. The van der Waals surface area contributed by atoms with Crippen LogP contribution in [0, 0.1) is 0 Å². The van der Waals surface area contributed by atoms with E-state index in [-0.39, 0.29) is 6.10 Å². The highest BCUT2D eigenvalue weighted by Gasteiger charge is 1.99. The Hall–Kier alpha value is -2.87. The van der Waals surface area contributed by atoms with Crippen LogP contribution in [0.2, 0.25) is 0 Å². The molecule has 0 unspecified atom stereocenters. The van der Waals surface area contributed by atoms with E-state index in [4.69, 9.17) is 4.74 Å². The highest BCUT2D eigenvalue weighted by Crippen LogP contribution is 2.19. The first kappa shape index (κ1) is 20.4. The van der Waals surface area contributed by atoms with Crippen molar-refractivity contribution in [3.63, 3.8) is 0 Å². The predicted octanol–water partition coefficient (Wildman–Crippen LogP) is 6.91. The first-order valence-corrected chi connectivity index (χ1v) is 9.38. The second kappa shape index (κ2) is 10.3. The summed E-state index contributed by atoms with van der Waals surface area (Å²) in [5.41, 5.74) is 4.50. The molecule has 0 fully saturated rings. The second-order valence-electron chi connectivity index (χ2n) is 7.01. The number of ether oxygens (including phenoxy) is 1. The van der Waals surface area contributed by atoms with Crippen LogP contribution >= 0.6 is 0 Å². The Kier molecular flexibility index (Phi) is 7.81. The molecule has 0 aromatic heterocycles. The minimum Gasteiger partial charge on any atom is -0.491 e. The summed E-state index contributed by atoms with van der Waals surface area (Å²) in [4.78, 5) is 4.28. The van der Waals surface area contributed by atoms with Gasteiger partial charge in [-0.3, -0.25) is 4.99 Å². The zero-order valence-corrected chi connectivity index (χ0v) is 16.7. The van der Waals surface area contributed by atoms with Crippen LogP contribution in [0.4, 0.5) is 0 Å². The van der Waals surface area contributed by atoms with Gasteiger partial charge in [-0.15, -0.1) is 0 Å². The third-order valence-corrected chi connectivity index (χ3v) is 4.02. The molecule has 2 rings (SSSR count). The van der Waals surface area contributed by atoms with Crippen molar-refractivity contribution < 1.29 is 4.74 Å². The number of benzene rings is 2. The fraction of sp³-hybridized carbons (Fsp3) is 0.240. The van der Waals surface area contributed by atoms with Crippen LogP contribution in [0.1, 0.15) is 50.3 Å². The summed E-state index contributed by atoms with van der Waals surface area (Å²) in [6.45, 7) is 12.5. The predicted molar refractivity (Wildman–Crippen MR) is 118 cm³/mol. The molecule has 2 heteroatoms. The van der Waals surface area contributed by atoms with Crippen molar-refractivity contribution in [2.24, 2.45) is 4.99 Å². The second-order valence-corrected chi connectivity index (χ2v) is 7.01. The van der Waals surface area contributed by atoms with E-state index in [0.717, 1.165) is 22.4 Å². The van der Waals surface area contributed by atoms with Gasteiger partial charge >= 0.3 is 0 Å². The molecule has 0 saturated heterocycles. The van der Waals surface area contributed by atoms with Crippen molar-refractivity contribution in [1.29, 1.82) is 0 Å². The van der Waals surface area contributed by atoms with Crippen LogP contribution in [-0.4, -0.2) is 12.3 Å². The summed E-state index contributed by atoms with van der Waals surface area (Å²) in [7, 11) is 0. The van der Waals surface area contributed by atoms with Crippen molar-refractivity contribution >= 4 is 17.9 Å². The maximum Gasteiger partial charge on any atom is 0.119 e. The maximum absolute atomic E-state index is 5.65. The molecule has 0 saturated carbocycles. The summed E-state index contributed by atoms with van der Waals surface area (Å²) in [5.74, 6) is 1.43. The van der Waals surface area contributed by atoms with Crippen molar-refractivity contribution in [2.45, 2.75) is 39.7 Å². The van der Waals surface area contributed by atoms with Gasteiger partial charge in [-0.2, -0.15) is 0 Å². The average molecular weight is 360 g/mol. The largest absolute Gasteiger partial charge is 0.491 e. The molecule has 0 spiro atoms. The van der Waals surface area contributed by atoms with E-state index in [0.29, 0.717) is 5.92 Å². The zero-order valence-electron chi connectivity index (χ0n) is 16.7. The summed E-state index contributed by atoms with van der Waals surface area (Å²) in [6, 6.07) is 16.5. The Morgan fingerprint density at radius 1 is 0.963 bits per heavy atom. The lowest BCUT2D eigenvalue weighted by Gasteiger charge is -2.10. The molecular formula is C25H29NO. The highest BCUT2D eigenvalue weighted by atomic mass is 16.5. The third kappa shape index (κ3) is 7.10. The standard InChI is InChI=1S/C25H29NO/c1-19(2)23-10-8-22(9-11-23)16-18-26-17-6-7-21(5)24-12-14-25(15-13-24)27-20(3)4/h6-20H,5H2,1-4H3/b7-6-,18-16+,26-17+. The average Bonchev–Trinajstić information content (AvgIpc) is 2.65. The monoisotopic (exact) mass is 359 g/mol. The SMILES string of the molecule is C=C(\C=C/C=N/C=C/c1ccc(C(C)C)cc1)c1ccc(OC(C)C)cc1. The van der Waals surface area contributed by atoms with Crippen molar-refractivity contribution in [3.8, 4) is 5.75 Å².